The van der Waals surface area contributed by atoms with Gasteiger partial charge >= 0.3 is 6.18 Å². The van der Waals surface area contributed by atoms with Gasteiger partial charge in [0.2, 0.25) is 5.82 Å². The van der Waals surface area contributed by atoms with Crippen molar-refractivity contribution in [2.24, 2.45) is 7.05 Å². The van der Waals surface area contributed by atoms with Crippen molar-refractivity contribution in [3.63, 3.8) is 0 Å². The van der Waals surface area contributed by atoms with Crippen molar-refractivity contribution in [3.05, 3.63) is 53.4 Å². The van der Waals surface area contributed by atoms with Crippen LogP contribution in [0.3, 0.4) is 0 Å². The summed E-state index contributed by atoms with van der Waals surface area (Å²) in [5, 5.41) is 9.15. The van der Waals surface area contributed by atoms with Crippen LogP contribution in [0.2, 0.25) is 0 Å². The van der Waals surface area contributed by atoms with E-state index in [0.717, 1.165) is 19.4 Å². The van der Waals surface area contributed by atoms with Gasteiger partial charge in [0.15, 0.2) is 5.69 Å². The maximum absolute atomic E-state index is 13.4. The zero-order valence-corrected chi connectivity index (χ0v) is 16.8. The molecule has 1 atom stereocenters. The van der Waals surface area contributed by atoms with Gasteiger partial charge in [-0.2, -0.15) is 23.3 Å². The van der Waals surface area contributed by atoms with E-state index >= 15 is 0 Å². The summed E-state index contributed by atoms with van der Waals surface area (Å²) in [5.74, 6) is -2.67. The number of sulfone groups is 1. The smallest absolute Gasteiger partial charge is 0.338 e. The van der Waals surface area contributed by atoms with E-state index in [-0.39, 0.29) is 17.3 Å². The number of amides is 1. The average Bonchev–Trinajstić information content (AvgIpc) is 3.26. The van der Waals surface area contributed by atoms with Crippen molar-refractivity contribution in [1.29, 1.82) is 0 Å². The molecule has 3 rings (SSSR count). The molecular formula is C17H15F4N5O4S. The first-order valence-electron chi connectivity index (χ1n) is 8.53. The number of hydrogen-bond donors (Lipinski definition) is 1. The minimum atomic E-state index is -4.77. The van der Waals surface area contributed by atoms with Crippen LogP contribution in [-0.4, -0.2) is 46.3 Å². The summed E-state index contributed by atoms with van der Waals surface area (Å²) in [6.45, 7) is 0. The van der Waals surface area contributed by atoms with Gasteiger partial charge in [-0.25, -0.2) is 12.8 Å². The lowest BCUT2D eigenvalue weighted by molar-refractivity contribution is -0.141. The minimum absolute atomic E-state index is 0.0675. The van der Waals surface area contributed by atoms with Crippen LogP contribution in [-0.2, 0) is 23.1 Å². The normalized spacial score (nSPS) is 13.2. The molecule has 0 radical (unpaired) electrons. The quantitative estimate of drug-likeness (QED) is 0.559. The number of halogens is 4. The van der Waals surface area contributed by atoms with Crippen LogP contribution in [0.1, 0.15) is 28.1 Å². The first kappa shape index (κ1) is 22.4. The van der Waals surface area contributed by atoms with Crippen LogP contribution >= 0.6 is 0 Å². The molecule has 0 bridgehead atoms. The third-order valence-corrected chi connectivity index (χ3v) is 4.94. The first-order valence-corrected chi connectivity index (χ1v) is 10.6. The summed E-state index contributed by atoms with van der Waals surface area (Å²) in [4.78, 5) is 16.5. The van der Waals surface area contributed by atoms with Gasteiger partial charge in [0, 0.05) is 24.9 Å². The Bertz CT molecular complexity index is 1220. The lowest BCUT2D eigenvalue weighted by atomic mass is 10.2. The molecule has 2 aromatic heterocycles. The molecule has 14 heteroatoms. The summed E-state index contributed by atoms with van der Waals surface area (Å²) >= 11 is 0. The predicted molar refractivity (Wildman–Crippen MR) is 97.8 cm³/mol. The number of aromatic nitrogens is 4. The number of alkyl halides is 3. The number of aryl methyl sites for hydroxylation is 1. The molecule has 0 aliphatic heterocycles. The lowest BCUT2D eigenvalue weighted by Crippen LogP contribution is -2.34. The molecule has 3 aromatic rings. The van der Waals surface area contributed by atoms with Gasteiger partial charge in [-0.1, -0.05) is 17.3 Å². The second kappa shape index (κ2) is 8.09. The summed E-state index contributed by atoms with van der Waals surface area (Å²) in [6, 6.07) is 4.35. The zero-order chi connectivity index (χ0) is 23.0. The minimum Gasteiger partial charge on any atom is -0.338 e. The van der Waals surface area contributed by atoms with Crippen molar-refractivity contribution < 1.29 is 35.3 Å². The van der Waals surface area contributed by atoms with Crippen molar-refractivity contribution >= 4 is 15.7 Å². The number of rotatable bonds is 6. The Balaban J connectivity index is 1.91. The largest absolute Gasteiger partial charge is 0.435 e. The molecule has 1 amide bonds. The molecule has 1 N–H and O–H groups in total. The fourth-order valence-corrected chi connectivity index (χ4v) is 3.48. The third kappa shape index (κ3) is 5.45. The highest BCUT2D eigenvalue weighted by atomic mass is 32.2. The van der Waals surface area contributed by atoms with Crippen molar-refractivity contribution in [1.82, 2.24) is 25.2 Å². The van der Waals surface area contributed by atoms with Crippen LogP contribution in [0.15, 0.2) is 34.9 Å². The second-order valence-electron chi connectivity index (χ2n) is 6.62. The Morgan fingerprint density at radius 1 is 1.29 bits per heavy atom. The van der Waals surface area contributed by atoms with Crippen LogP contribution < -0.4 is 5.32 Å². The topological polar surface area (TPSA) is 120 Å². The van der Waals surface area contributed by atoms with Crippen LogP contribution in [0.4, 0.5) is 17.6 Å². The monoisotopic (exact) mass is 461 g/mol. The molecule has 9 nitrogen and oxygen atoms in total. The van der Waals surface area contributed by atoms with Gasteiger partial charge in [0.05, 0.1) is 5.75 Å². The summed E-state index contributed by atoms with van der Waals surface area (Å²) in [6.07, 6.45) is -3.88. The molecule has 2 heterocycles. The molecule has 0 saturated carbocycles. The molecule has 0 aliphatic rings. The molecule has 166 valence electrons. The van der Waals surface area contributed by atoms with E-state index in [2.05, 4.69) is 20.6 Å². The number of carbonyl (C=O) groups excluding carboxylic acids is 1. The van der Waals surface area contributed by atoms with E-state index in [0.29, 0.717) is 10.7 Å². The molecule has 0 aliphatic carbocycles. The molecule has 31 heavy (non-hydrogen) atoms. The second-order valence-corrected chi connectivity index (χ2v) is 8.81. The van der Waals surface area contributed by atoms with Gasteiger partial charge in [0.1, 0.15) is 27.4 Å². The Labute approximate surface area is 173 Å². The fourth-order valence-electron chi connectivity index (χ4n) is 2.65. The first-order chi connectivity index (χ1) is 14.3. The van der Waals surface area contributed by atoms with E-state index in [1.54, 1.807) is 0 Å². The predicted octanol–water partition coefficient (Wildman–Crippen LogP) is 2.14. The number of carbonyl (C=O) groups is 1. The van der Waals surface area contributed by atoms with Gasteiger partial charge in [-0.3, -0.25) is 9.48 Å². The Morgan fingerprint density at radius 3 is 2.58 bits per heavy atom. The third-order valence-electron chi connectivity index (χ3n) is 4.00. The van der Waals surface area contributed by atoms with E-state index in [4.69, 9.17) is 4.52 Å². The van der Waals surface area contributed by atoms with E-state index < -0.39 is 50.9 Å². The molecule has 0 spiro atoms. The Kier molecular flexibility index (Phi) is 5.85. The highest BCUT2D eigenvalue weighted by Crippen LogP contribution is 2.28. The maximum Gasteiger partial charge on any atom is 0.435 e. The SMILES string of the molecule is Cn1nc(C(F)(F)F)cc1C(=O)NC(CS(C)(=O)=O)c1nc(-c2cccc(F)c2)no1. The molecule has 1 aromatic carbocycles. The highest BCUT2D eigenvalue weighted by Gasteiger charge is 2.36. The Morgan fingerprint density at radius 2 is 2.00 bits per heavy atom. The van der Waals surface area contributed by atoms with Crippen molar-refractivity contribution in [3.8, 4) is 11.4 Å². The van der Waals surface area contributed by atoms with Crippen LogP contribution in [0.5, 0.6) is 0 Å². The fraction of sp³-hybridized carbons (Fsp3) is 0.294. The average molecular weight is 461 g/mol. The molecule has 0 saturated heterocycles. The number of nitrogens with one attached hydrogen (secondary N) is 1. The van der Waals surface area contributed by atoms with Crippen molar-refractivity contribution in [2.75, 3.05) is 12.0 Å². The van der Waals surface area contributed by atoms with Gasteiger partial charge < -0.3 is 9.84 Å². The van der Waals surface area contributed by atoms with E-state index in [1.807, 2.05) is 0 Å². The number of hydrogen-bond acceptors (Lipinski definition) is 7. The lowest BCUT2D eigenvalue weighted by Gasteiger charge is -2.14. The van der Waals surface area contributed by atoms with Gasteiger partial charge in [-0.05, 0) is 12.1 Å². The zero-order valence-electron chi connectivity index (χ0n) is 16.0. The van der Waals surface area contributed by atoms with E-state index in [9.17, 15) is 30.8 Å². The summed E-state index contributed by atoms with van der Waals surface area (Å²) < 4.78 is 81.3. The van der Waals surface area contributed by atoms with Gasteiger partial charge in [-0.15, -0.1) is 0 Å². The highest BCUT2D eigenvalue weighted by molar-refractivity contribution is 7.90. The standard InChI is InChI=1S/C17H15F4N5O4S/c1-26-12(7-13(24-26)17(19,20)21)15(27)22-11(8-31(2,28)29)16-23-14(25-30-16)9-4-3-5-10(18)6-9/h3-7,11H,8H2,1-2H3,(H,22,27). The van der Waals surface area contributed by atoms with Crippen molar-refractivity contribution in [2.45, 2.75) is 12.2 Å². The summed E-state index contributed by atoms with van der Waals surface area (Å²) in [5.41, 5.74) is -1.51. The number of nitrogens with zero attached hydrogens (tertiary/aromatic N) is 4. The van der Waals surface area contributed by atoms with Crippen LogP contribution in [0.25, 0.3) is 11.4 Å². The maximum atomic E-state index is 13.4. The van der Waals surface area contributed by atoms with Crippen LogP contribution in [0, 0.1) is 5.82 Å². The molecule has 0 fully saturated rings. The van der Waals surface area contributed by atoms with Gasteiger partial charge in [0.25, 0.3) is 11.8 Å². The van der Waals surface area contributed by atoms with E-state index in [1.165, 1.54) is 18.2 Å². The molecule has 1 unspecified atom stereocenters. The Hall–Kier alpha value is -3.29. The summed E-state index contributed by atoms with van der Waals surface area (Å²) in [7, 11) is -2.57. The number of benzene rings is 1. The molecular weight excluding hydrogens is 446 g/mol.